The molecule has 0 spiro atoms. The number of hydrogen-bond acceptors (Lipinski definition) is 1. The van der Waals surface area contributed by atoms with E-state index in [4.69, 9.17) is 11.6 Å². The topological polar surface area (TPSA) is 12.9 Å². The Morgan fingerprint density at radius 2 is 2.12 bits per heavy atom. The molecule has 0 N–H and O–H groups in total. The average Bonchev–Trinajstić information content (AvgIpc) is 2.38. The highest BCUT2D eigenvalue weighted by Gasteiger charge is 2.05. The van der Waals surface area contributed by atoms with Crippen LogP contribution in [0.25, 0.3) is 11.1 Å². The van der Waals surface area contributed by atoms with Crippen molar-refractivity contribution in [2.75, 3.05) is 0 Å². The van der Waals surface area contributed by atoms with Crippen LogP contribution < -0.4 is 0 Å². The Kier molecular flexibility index (Phi) is 4.16. The summed E-state index contributed by atoms with van der Waals surface area (Å²) in [6, 6.07) is 10.1. The predicted octanol–water partition coefficient (Wildman–Crippen LogP) is 4.56. The lowest BCUT2D eigenvalue weighted by molar-refractivity contribution is 0.842. The van der Waals surface area contributed by atoms with E-state index in [9.17, 15) is 0 Å². The Morgan fingerprint density at radius 1 is 1.24 bits per heavy atom. The van der Waals surface area contributed by atoms with Gasteiger partial charge in [-0.05, 0) is 42.2 Å². The van der Waals surface area contributed by atoms with Crippen molar-refractivity contribution < 1.29 is 0 Å². The van der Waals surface area contributed by atoms with Crippen LogP contribution in [0.4, 0.5) is 0 Å². The third-order valence-corrected chi connectivity index (χ3v) is 2.98. The van der Waals surface area contributed by atoms with E-state index < -0.39 is 0 Å². The summed E-state index contributed by atoms with van der Waals surface area (Å²) < 4.78 is 0. The molecule has 1 nitrogen and oxygen atoms in total. The SMILES string of the molecule is [CH2]CCCc1ccc(Cl)cc1-c1cccnc1. The van der Waals surface area contributed by atoms with Gasteiger partial charge in [0.2, 0.25) is 0 Å². The molecule has 0 fully saturated rings. The third kappa shape index (κ3) is 3.07. The van der Waals surface area contributed by atoms with Crippen LogP contribution in [-0.2, 0) is 6.42 Å². The normalized spacial score (nSPS) is 10.5. The molecule has 0 unspecified atom stereocenters. The number of aromatic nitrogens is 1. The van der Waals surface area contributed by atoms with Crippen LogP contribution in [0.3, 0.4) is 0 Å². The van der Waals surface area contributed by atoms with Gasteiger partial charge in [0.15, 0.2) is 0 Å². The summed E-state index contributed by atoms with van der Waals surface area (Å²) in [5.74, 6) is 0. The fourth-order valence-corrected chi connectivity index (χ4v) is 2.05. The maximum atomic E-state index is 6.07. The summed E-state index contributed by atoms with van der Waals surface area (Å²) in [7, 11) is 0. The minimum absolute atomic E-state index is 0.766. The third-order valence-electron chi connectivity index (χ3n) is 2.74. The summed E-state index contributed by atoms with van der Waals surface area (Å²) >= 11 is 6.07. The number of hydrogen-bond donors (Lipinski definition) is 0. The first-order valence-corrected chi connectivity index (χ1v) is 6.17. The van der Waals surface area contributed by atoms with Crippen molar-refractivity contribution in [2.45, 2.75) is 19.3 Å². The van der Waals surface area contributed by atoms with E-state index in [0.29, 0.717) is 0 Å². The molecule has 0 amide bonds. The van der Waals surface area contributed by atoms with Gasteiger partial charge in [0, 0.05) is 23.0 Å². The van der Waals surface area contributed by atoms with E-state index in [1.807, 2.05) is 24.4 Å². The van der Waals surface area contributed by atoms with Gasteiger partial charge in [-0.15, -0.1) is 0 Å². The lowest BCUT2D eigenvalue weighted by atomic mass is 9.97. The van der Waals surface area contributed by atoms with E-state index in [2.05, 4.69) is 24.0 Å². The maximum Gasteiger partial charge on any atom is 0.0412 e. The zero-order chi connectivity index (χ0) is 12.1. The van der Waals surface area contributed by atoms with Crippen molar-refractivity contribution >= 4 is 11.6 Å². The fraction of sp³-hybridized carbons (Fsp3) is 0.200. The quantitative estimate of drug-likeness (QED) is 0.768. The highest BCUT2D eigenvalue weighted by molar-refractivity contribution is 6.30. The molecule has 0 atom stereocenters. The molecule has 2 rings (SSSR count). The van der Waals surface area contributed by atoms with Crippen LogP contribution in [0, 0.1) is 6.92 Å². The second-order valence-corrected chi connectivity index (χ2v) is 4.44. The van der Waals surface area contributed by atoms with Crippen LogP contribution in [0.15, 0.2) is 42.7 Å². The molecule has 0 aliphatic rings. The second-order valence-electron chi connectivity index (χ2n) is 4.00. The molecule has 1 aromatic heterocycles. The van der Waals surface area contributed by atoms with Gasteiger partial charge in [0.25, 0.3) is 0 Å². The van der Waals surface area contributed by atoms with Crippen molar-refractivity contribution in [3.8, 4) is 11.1 Å². The van der Waals surface area contributed by atoms with Gasteiger partial charge >= 0.3 is 0 Å². The van der Waals surface area contributed by atoms with Crippen molar-refractivity contribution in [3.05, 3.63) is 60.2 Å². The molecule has 1 radical (unpaired) electrons. The molecule has 0 aliphatic heterocycles. The Morgan fingerprint density at radius 3 is 2.82 bits per heavy atom. The number of unbranched alkanes of at least 4 members (excludes halogenated alkanes) is 1. The largest absolute Gasteiger partial charge is 0.264 e. The number of rotatable bonds is 4. The van der Waals surface area contributed by atoms with Crippen LogP contribution in [0.2, 0.25) is 5.02 Å². The van der Waals surface area contributed by atoms with Gasteiger partial charge in [-0.25, -0.2) is 0 Å². The summed E-state index contributed by atoms with van der Waals surface area (Å²) in [6.07, 6.45) is 6.73. The molecular weight excluding hydrogens is 230 g/mol. The summed E-state index contributed by atoms with van der Waals surface area (Å²) in [6.45, 7) is 3.88. The number of halogens is 1. The molecule has 87 valence electrons. The first-order valence-electron chi connectivity index (χ1n) is 5.79. The van der Waals surface area contributed by atoms with Gasteiger partial charge in [0.1, 0.15) is 0 Å². The average molecular weight is 245 g/mol. The van der Waals surface area contributed by atoms with Gasteiger partial charge < -0.3 is 0 Å². The molecule has 0 saturated carbocycles. The van der Waals surface area contributed by atoms with E-state index in [0.717, 1.165) is 29.8 Å². The first kappa shape index (κ1) is 12.1. The molecule has 2 aromatic rings. The molecule has 1 aromatic carbocycles. The van der Waals surface area contributed by atoms with E-state index in [-0.39, 0.29) is 0 Å². The summed E-state index contributed by atoms with van der Waals surface area (Å²) in [4.78, 5) is 4.16. The van der Waals surface area contributed by atoms with Gasteiger partial charge in [-0.1, -0.05) is 37.1 Å². The molecule has 1 heterocycles. The van der Waals surface area contributed by atoms with Crippen molar-refractivity contribution in [1.29, 1.82) is 0 Å². The number of benzene rings is 1. The lowest BCUT2D eigenvalue weighted by Gasteiger charge is -2.09. The van der Waals surface area contributed by atoms with E-state index in [1.165, 1.54) is 11.1 Å². The van der Waals surface area contributed by atoms with E-state index >= 15 is 0 Å². The fourth-order valence-electron chi connectivity index (χ4n) is 1.87. The van der Waals surface area contributed by atoms with Crippen LogP contribution >= 0.6 is 11.6 Å². The monoisotopic (exact) mass is 244 g/mol. The lowest BCUT2D eigenvalue weighted by Crippen LogP contribution is -1.91. The first-order chi connectivity index (χ1) is 8.31. The second kappa shape index (κ2) is 5.83. The van der Waals surface area contributed by atoms with Crippen LogP contribution in [0.5, 0.6) is 0 Å². The molecular formula is C15H15ClN. The molecule has 0 aliphatic carbocycles. The standard InChI is InChI=1S/C15H15ClN/c1-2-3-5-12-7-8-14(16)10-15(12)13-6-4-9-17-11-13/h4,6-11H,1-3,5H2. The number of pyridine rings is 1. The summed E-state index contributed by atoms with van der Waals surface area (Å²) in [5.41, 5.74) is 3.61. The van der Waals surface area contributed by atoms with Crippen molar-refractivity contribution in [2.24, 2.45) is 0 Å². The van der Waals surface area contributed by atoms with Crippen molar-refractivity contribution in [3.63, 3.8) is 0 Å². The Bertz CT molecular complexity index is 480. The predicted molar refractivity (Wildman–Crippen MR) is 73.0 cm³/mol. The van der Waals surface area contributed by atoms with Crippen LogP contribution in [-0.4, -0.2) is 4.98 Å². The maximum absolute atomic E-state index is 6.07. The minimum Gasteiger partial charge on any atom is -0.264 e. The van der Waals surface area contributed by atoms with Crippen molar-refractivity contribution in [1.82, 2.24) is 4.98 Å². The molecule has 0 saturated heterocycles. The number of nitrogens with zero attached hydrogens (tertiary/aromatic N) is 1. The smallest absolute Gasteiger partial charge is 0.0412 e. The minimum atomic E-state index is 0.766. The zero-order valence-electron chi connectivity index (χ0n) is 9.70. The van der Waals surface area contributed by atoms with Gasteiger partial charge in [0.05, 0.1) is 0 Å². The molecule has 0 bridgehead atoms. The molecule has 2 heteroatoms. The zero-order valence-corrected chi connectivity index (χ0v) is 10.5. The van der Waals surface area contributed by atoms with Crippen LogP contribution in [0.1, 0.15) is 18.4 Å². The van der Waals surface area contributed by atoms with E-state index in [1.54, 1.807) is 6.20 Å². The Labute approximate surface area is 107 Å². The Hall–Kier alpha value is -1.34. The highest BCUT2D eigenvalue weighted by Crippen LogP contribution is 2.27. The summed E-state index contributed by atoms with van der Waals surface area (Å²) in [5, 5.41) is 0.766. The molecule has 17 heavy (non-hydrogen) atoms. The number of aryl methyl sites for hydroxylation is 1. The van der Waals surface area contributed by atoms with Gasteiger partial charge in [-0.2, -0.15) is 0 Å². The Balaban J connectivity index is 2.40. The van der Waals surface area contributed by atoms with Gasteiger partial charge in [-0.3, -0.25) is 4.98 Å². The highest BCUT2D eigenvalue weighted by atomic mass is 35.5.